The number of fused-ring (bicyclic) bond motifs is 2. The predicted octanol–water partition coefficient (Wildman–Crippen LogP) is 2.90. The summed E-state index contributed by atoms with van der Waals surface area (Å²) in [5, 5.41) is 9.75. The summed E-state index contributed by atoms with van der Waals surface area (Å²) < 4.78 is 0. The molecule has 0 aliphatic carbocycles. The van der Waals surface area contributed by atoms with Gasteiger partial charge in [0.05, 0.1) is 11.4 Å². The Kier molecular flexibility index (Phi) is 5.45. The van der Waals surface area contributed by atoms with Crippen molar-refractivity contribution < 1.29 is 0 Å². The maximum atomic E-state index is 4.39. The molecule has 30 heavy (non-hydrogen) atoms. The summed E-state index contributed by atoms with van der Waals surface area (Å²) in [5.41, 5.74) is 5.52. The summed E-state index contributed by atoms with van der Waals surface area (Å²) in [4.78, 5) is 7.76. The fourth-order valence-corrected chi connectivity index (χ4v) is 6.77. The highest BCUT2D eigenvalue weighted by Gasteiger charge is 2.46. The second kappa shape index (κ2) is 8.09. The Morgan fingerprint density at radius 1 is 1.13 bits per heavy atom. The van der Waals surface area contributed by atoms with Gasteiger partial charge in [0.15, 0.2) is 5.50 Å². The van der Waals surface area contributed by atoms with Crippen molar-refractivity contribution in [2.24, 2.45) is 5.10 Å². The van der Waals surface area contributed by atoms with Crippen molar-refractivity contribution in [1.82, 2.24) is 20.1 Å². The third-order valence-corrected chi connectivity index (χ3v) is 8.72. The Balaban J connectivity index is 1.21. The van der Waals surface area contributed by atoms with E-state index >= 15 is 0 Å². The van der Waals surface area contributed by atoms with E-state index in [1.165, 1.54) is 63.1 Å². The molecule has 0 saturated carbocycles. The van der Waals surface area contributed by atoms with Crippen molar-refractivity contribution in [1.29, 1.82) is 0 Å². The third kappa shape index (κ3) is 3.41. The van der Waals surface area contributed by atoms with E-state index in [0.717, 1.165) is 18.4 Å². The van der Waals surface area contributed by atoms with Crippen molar-refractivity contribution in [2.45, 2.75) is 42.6 Å². The fraction of sp³-hybridized carbons (Fsp3) is 0.609. The molecular weight excluding hydrogens is 392 g/mol. The van der Waals surface area contributed by atoms with E-state index in [0.29, 0.717) is 5.50 Å². The fourth-order valence-electron chi connectivity index (χ4n) is 5.85. The van der Waals surface area contributed by atoms with E-state index in [9.17, 15) is 0 Å². The highest BCUT2D eigenvalue weighted by atomic mass is 32.2. The highest BCUT2D eigenvalue weighted by molar-refractivity contribution is 8.12. The van der Waals surface area contributed by atoms with Crippen molar-refractivity contribution in [3.63, 3.8) is 0 Å². The van der Waals surface area contributed by atoms with Gasteiger partial charge in [-0.3, -0.25) is 9.91 Å². The van der Waals surface area contributed by atoms with Crippen LogP contribution in [0.2, 0.25) is 0 Å². The summed E-state index contributed by atoms with van der Waals surface area (Å²) in [7, 11) is 4.06. The van der Waals surface area contributed by atoms with Gasteiger partial charge in [0.2, 0.25) is 0 Å². The number of nitrogens with zero attached hydrogens (tertiary/aromatic N) is 5. The van der Waals surface area contributed by atoms with Crippen LogP contribution in [0.25, 0.3) is 0 Å². The normalized spacial score (nSPS) is 27.1. The molecule has 4 aliphatic heterocycles. The molecule has 6 nitrogen and oxygen atoms in total. The number of hydrogen-bond acceptors (Lipinski definition) is 7. The lowest BCUT2D eigenvalue weighted by Crippen LogP contribution is -2.53. The van der Waals surface area contributed by atoms with Gasteiger partial charge in [0, 0.05) is 50.9 Å². The van der Waals surface area contributed by atoms with Gasteiger partial charge in [-0.1, -0.05) is 36.5 Å². The zero-order valence-electron chi connectivity index (χ0n) is 18.3. The number of hydrogen-bond donors (Lipinski definition) is 1. The number of piperidine rings is 2. The summed E-state index contributed by atoms with van der Waals surface area (Å²) in [6.07, 6.45) is 5.04. The van der Waals surface area contributed by atoms with Crippen LogP contribution in [-0.4, -0.2) is 78.7 Å². The molecule has 0 radical (unpaired) electrons. The Labute approximate surface area is 185 Å². The first-order valence-electron chi connectivity index (χ1n) is 11.2. The first-order chi connectivity index (χ1) is 14.6. The molecule has 2 fully saturated rings. The quantitative estimate of drug-likeness (QED) is 0.798. The summed E-state index contributed by atoms with van der Waals surface area (Å²) in [6, 6.07) is 9.70. The zero-order chi connectivity index (χ0) is 20.7. The SMILES string of the molecule is C=C(NC)N1CC2(CCN(C3CCN(C4SC=NN4C)CC3)CC2)c2ccccc21. The molecule has 1 aromatic carbocycles. The molecule has 1 atom stereocenters. The standard InChI is InChI=1S/C23H34N6S/c1-18(24-2)29-16-23(20-6-4-5-7-21(20)29)10-14-27(15-11-23)19-8-12-28(13-9-19)22-26(3)25-17-30-22/h4-7,17,19,22,24H,1,8-16H2,2-3H3. The number of thioether (sulfide) groups is 1. The molecule has 4 aliphatic rings. The van der Waals surface area contributed by atoms with Crippen LogP contribution in [0.4, 0.5) is 5.69 Å². The van der Waals surface area contributed by atoms with Crippen LogP contribution in [0.5, 0.6) is 0 Å². The van der Waals surface area contributed by atoms with Crippen LogP contribution in [0.3, 0.4) is 0 Å². The van der Waals surface area contributed by atoms with E-state index in [2.05, 4.69) is 68.0 Å². The van der Waals surface area contributed by atoms with Crippen LogP contribution < -0.4 is 10.2 Å². The maximum Gasteiger partial charge on any atom is 0.151 e. The Bertz CT molecular complexity index is 810. The Morgan fingerprint density at radius 3 is 2.53 bits per heavy atom. The monoisotopic (exact) mass is 426 g/mol. The first kappa shape index (κ1) is 20.2. The van der Waals surface area contributed by atoms with E-state index in [4.69, 9.17) is 0 Å². The van der Waals surface area contributed by atoms with Gasteiger partial charge in [-0.05, 0) is 50.4 Å². The number of para-hydroxylation sites is 1. The highest BCUT2D eigenvalue weighted by Crippen LogP contribution is 2.48. The van der Waals surface area contributed by atoms with Gasteiger partial charge in [0.25, 0.3) is 0 Å². The van der Waals surface area contributed by atoms with Gasteiger partial charge in [-0.15, -0.1) is 0 Å². The predicted molar refractivity (Wildman–Crippen MR) is 127 cm³/mol. The minimum Gasteiger partial charge on any atom is -0.375 e. The van der Waals surface area contributed by atoms with E-state index < -0.39 is 0 Å². The largest absolute Gasteiger partial charge is 0.375 e. The summed E-state index contributed by atoms with van der Waals surface area (Å²) in [5.74, 6) is 1.01. The minimum atomic E-state index is 0.272. The van der Waals surface area contributed by atoms with Crippen molar-refractivity contribution in [3.8, 4) is 0 Å². The molecule has 1 unspecified atom stereocenters. The molecule has 7 heteroatoms. The molecule has 1 aromatic rings. The number of rotatable bonds is 4. The minimum absolute atomic E-state index is 0.272. The topological polar surface area (TPSA) is 37.4 Å². The van der Waals surface area contributed by atoms with Crippen LogP contribution in [0.1, 0.15) is 31.2 Å². The molecule has 1 N–H and O–H groups in total. The summed E-state index contributed by atoms with van der Waals surface area (Å²) in [6.45, 7) is 10.1. The second-order valence-electron chi connectivity index (χ2n) is 9.14. The van der Waals surface area contributed by atoms with Crippen LogP contribution in [-0.2, 0) is 5.41 Å². The molecule has 162 valence electrons. The Morgan fingerprint density at radius 2 is 1.87 bits per heavy atom. The van der Waals surface area contributed by atoms with Crippen molar-refractivity contribution >= 4 is 23.0 Å². The lowest BCUT2D eigenvalue weighted by molar-refractivity contribution is 0.0454. The van der Waals surface area contributed by atoms with Gasteiger partial charge in [-0.2, -0.15) is 5.10 Å². The number of likely N-dealkylation sites (tertiary alicyclic amines) is 2. The van der Waals surface area contributed by atoms with Gasteiger partial charge in [0.1, 0.15) is 0 Å². The molecule has 0 aromatic heterocycles. The van der Waals surface area contributed by atoms with Crippen LogP contribution in [0, 0.1) is 0 Å². The molecule has 1 spiro atoms. The lowest BCUT2D eigenvalue weighted by atomic mass is 9.74. The molecule has 0 bridgehead atoms. The Hall–Kier alpha value is -1.70. The van der Waals surface area contributed by atoms with Crippen LogP contribution >= 0.6 is 11.8 Å². The van der Waals surface area contributed by atoms with Gasteiger partial charge >= 0.3 is 0 Å². The van der Waals surface area contributed by atoms with Crippen molar-refractivity contribution in [2.75, 3.05) is 51.7 Å². The molecular formula is C23H34N6S. The van der Waals surface area contributed by atoms with Crippen LogP contribution in [0.15, 0.2) is 41.8 Å². The number of anilines is 1. The zero-order valence-corrected chi connectivity index (χ0v) is 19.1. The van der Waals surface area contributed by atoms with E-state index in [1.807, 2.05) is 24.4 Å². The lowest BCUT2D eigenvalue weighted by Gasteiger charge is -2.46. The third-order valence-electron chi connectivity index (χ3n) is 7.66. The van der Waals surface area contributed by atoms with E-state index in [-0.39, 0.29) is 5.41 Å². The smallest absolute Gasteiger partial charge is 0.151 e. The maximum absolute atomic E-state index is 4.39. The molecule has 5 rings (SSSR count). The number of benzene rings is 1. The van der Waals surface area contributed by atoms with Crippen molar-refractivity contribution in [3.05, 3.63) is 42.2 Å². The molecule has 0 amide bonds. The molecule has 4 heterocycles. The van der Waals surface area contributed by atoms with Gasteiger partial charge in [-0.25, -0.2) is 0 Å². The average Bonchev–Trinajstić information content (AvgIpc) is 3.36. The number of nitrogens with one attached hydrogen (secondary N) is 1. The summed E-state index contributed by atoms with van der Waals surface area (Å²) >= 11 is 1.83. The second-order valence-corrected chi connectivity index (χ2v) is 10.0. The first-order valence-corrected chi connectivity index (χ1v) is 12.2. The number of hydrazone groups is 1. The van der Waals surface area contributed by atoms with Gasteiger partial charge < -0.3 is 15.1 Å². The molecule has 2 saturated heterocycles. The average molecular weight is 427 g/mol. The van der Waals surface area contributed by atoms with E-state index in [1.54, 1.807) is 0 Å².